The predicted molar refractivity (Wildman–Crippen MR) is 109 cm³/mol. The lowest BCUT2D eigenvalue weighted by atomic mass is 10.1. The van der Waals surface area contributed by atoms with E-state index >= 15 is 0 Å². The highest BCUT2D eigenvalue weighted by Gasteiger charge is 2.09. The van der Waals surface area contributed by atoms with Gasteiger partial charge in [0, 0.05) is 24.8 Å². The fourth-order valence-corrected chi connectivity index (χ4v) is 2.62. The third-order valence-corrected chi connectivity index (χ3v) is 3.88. The van der Waals surface area contributed by atoms with Crippen LogP contribution < -0.4 is 16.0 Å². The van der Waals surface area contributed by atoms with Crippen LogP contribution in [0.15, 0.2) is 60.9 Å². The van der Waals surface area contributed by atoms with Crippen LogP contribution in [0.3, 0.4) is 0 Å². The van der Waals surface area contributed by atoms with Crippen molar-refractivity contribution in [2.75, 3.05) is 16.0 Å². The molecular formula is C21H21N5O2. The van der Waals surface area contributed by atoms with Gasteiger partial charge in [0.1, 0.15) is 11.5 Å². The first-order valence-corrected chi connectivity index (χ1v) is 8.80. The molecule has 142 valence electrons. The van der Waals surface area contributed by atoms with Gasteiger partial charge in [0.05, 0.1) is 12.4 Å². The molecule has 0 unspecified atom stereocenters. The van der Waals surface area contributed by atoms with Gasteiger partial charge in [0.15, 0.2) is 0 Å². The number of carbonyl (C=O) groups excluding carboxylic acids is 2. The van der Waals surface area contributed by atoms with Gasteiger partial charge in [-0.2, -0.15) is 0 Å². The van der Waals surface area contributed by atoms with Gasteiger partial charge < -0.3 is 16.0 Å². The fourth-order valence-electron chi connectivity index (χ4n) is 2.62. The summed E-state index contributed by atoms with van der Waals surface area (Å²) in [4.78, 5) is 31.9. The maximum absolute atomic E-state index is 12.4. The van der Waals surface area contributed by atoms with Crippen molar-refractivity contribution in [1.82, 2.24) is 9.97 Å². The standard InChI is InChI=1S/C21H21N5O2/c1-14-5-3-6-16(9-14)11-23-20-13-22-19(12-24-20)21(28)26-18-8-4-7-17(10-18)25-15(2)27/h3-10,12-13H,11H2,1-2H3,(H,23,24)(H,25,27)(H,26,28). The molecule has 0 atom stereocenters. The number of benzene rings is 2. The van der Waals surface area contributed by atoms with Crippen molar-refractivity contribution in [3.63, 3.8) is 0 Å². The second-order valence-electron chi connectivity index (χ2n) is 6.35. The molecule has 0 saturated heterocycles. The third-order valence-electron chi connectivity index (χ3n) is 3.88. The van der Waals surface area contributed by atoms with E-state index in [0.29, 0.717) is 23.7 Å². The number of nitrogens with zero attached hydrogens (tertiary/aromatic N) is 2. The van der Waals surface area contributed by atoms with E-state index in [-0.39, 0.29) is 17.5 Å². The van der Waals surface area contributed by atoms with E-state index in [4.69, 9.17) is 0 Å². The third kappa shape index (κ3) is 5.38. The molecule has 0 aliphatic rings. The number of hydrogen-bond donors (Lipinski definition) is 3. The Labute approximate surface area is 163 Å². The van der Waals surface area contributed by atoms with Crippen LogP contribution in [0.5, 0.6) is 0 Å². The molecule has 7 nitrogen and oxygen atoms in total. The van der Waals surface area contributed by atoms with Crippen LogP contribution >= 0.6 is 0 Å². The number of aromatic nitrogens is 2. The molecule has 0 aliphatic heterocycles. The molecule has 0 spiro atoms. The number of amides is 2. The monoisotopic (exact) mass is 375 g/mol. The zero-order valence-corrected chi connectivity index (χ0v) is 15.7. The summed E-state index contributed by atoms with van der Waals surface area (Å²) in [7, 11) is 0. The zero-order chi connectivity index (χ0) is 19.9. The van der Waals surface area contributed by atoms with Crippen molar-refractivity contribution in [2.45, 2.75) is 20.4 Å². The van der Waals surface area contributed by atoms with Crippen LogP contribution in [0.1, 0.15) is 28.5 Å². The van der Waals surface area contributed by atoms with E-state index in [1.54, 1.807) is 24.3 Å². The predicted octanol–water partition coefficient (Wildman–Crippen LogP) is 3.61. The minimum atomic E-state index is -0.377. The zero-order valence-electron chi connectivity index (χ0n) is 15.7. The van der Waals surface area contributed by atoms with Gasteiger partial charge in [-0.25, -0.2) is 9.97 Å². The van der Waals surface area contributed by atoms with E-state index in [9.17, 15) is 9.59 Å². The fraction of sp³-hybridized carbons (Fsp3) is 0.143. The van der Waals surface area contributed by atoms with Gasteiger partial charge in [-0.15, -0.1) is 0 Å². The average molecular weight is 375 g/mol. The normalized spacial score (nSPS) is 10.2. The van der Waals surface area contributed by atoms with E-state index in [1.807, 2.05) is 25.1 Å². The molecule has 7 heteroatoms. The molecule has 0 saturated carbocycles. The lowest BCUT2D eigenvalue weighted by Crippen LogP contribution is -2.15. The van der Waals surface area contributed by atoms with Crippen LogP contribution in [0, 0.1) is 6.92 Å². The van der Waals surface area contributed by atoms with Gasteiger partial charge >= 0.3 is 0 Å². The summed E-state index contributed by atoms with van der Waals surface area (Å²) in [6.07, 6.45) is 2.95. The molecule has 0 radical (unpaired) electrons. The Kier molecular flexibility index (Phi) is 5.96. The van der Waals surface area contributed by atoms with Crippen molar-refractivity contribution in [1.29, 1.82) is 0 Å². The molecule has 3 N–H and O–H groups in total. The Morgan fingerprint density at radius 3 is 2.36 bits per heavy atom. The summed E-state index contributed by atoms with van der Waals surface area (Å²) in [5.74, 6) is 0.0338. The van der Waals surface area contributed by atoms with E-state index in [1.165, 1.54) is 24.9 Å². The highest BCUT2D eigenvalue weighted by Crippen LogP contribution is 2.16. The van der Waals surface area contributed by atoms with Crippen molar-refractivity contribution in [3.8, 4) is 0 Å². The molecule has 1 heterocycles. The van der Waals surface area contributed by atoms with Gasteiger partial charge in [0.2, 0.25) is 5.91 Å². The van der Waals surface area contributed by atoms with Gasteiger partial charge in [-0.3, -0.25) is 9.59 Å². The topological polar surface area (TPSA) is 96.0 Å². The van der Waals surface area contributed by atoms with Crippen LogP contribution in [0.25, 0.3) is 0 Å². The quantitative estimate of drug-likeness (QED) is 0.612. The van der Waals surface area contributed by atoms with Crippen LogP contribution in [-0.4, -0.2) is 21.8 Å². The Morgan fingerprint density at radius 1 is 0.929 bits per heavy atom. The van der Waals surface area contributed by atoms with Crippen molar-refractivity contribution in [2.24, 2.45) is 0 Å². The second kappa shape index (κ2) is 8.77. The molecular weight excluding hydrogens is 354 g/mol. The van der Waals surface area contributed by atoms with Crippen LogP contribution in [-0.2, 0) is 11.3 Å². The average Bonchev–Trinajstić information content (AvgIpc) is 2.66. The number of carbonyl (C=O) groups is 2. The van der Waals surface area contributed by atoms with E-state index in [2.05, 4.69) is 32.0 Å². The largest absolute Gasteiger partial charge is 0.365 e. The molecule has 2 amide bonds. The summed E-state index contributed by atoms with van der Waals surface area (Å²) < 4.78 is 0. The summed E-state index contributed by atoms with van der Waals surface area (Å²) in [6, 6.07) is 15.1. The van der Waals surface area contributed by atoms with E-state index < -0.39 is 0 Å². The van der Waals surface area contributed by atoms with Gasteiger partial charge in [-0.05, 0) is 30.7 Å². The number of anilines is 3. The molecule has 2 aromatic carbocycles. The Bertz CT molecular complexity index is 986. The first-order chi connectivity index (χ1) is 13.5. The van der Waals surface area contributed by atoms with E-state index in [0.717, 1.165) is 5.56 Å². The number of rotatable bonds is 6. The van der Waals surface area contributed by atoms with Gasteiger partial charge in [0.25, 0.3) is 5.91 Å². The lowest BCUT2D eigenvalue weighted by Gasteiger charge is -2.09. The summed E-state index contributed by atoms with van der Waals surface area (Å²) in [6.45, 7) is 4.09. The molecule has 0 bridgehead atoms. The Balaban J connectivity index is 1.60. The Hall–Kier alpha value is -3.74. The minimum absolute atomic E-state index is 0.178. The highest BCUT2D eigenvalue weighted by atomic mass is 16.2. The lowest BCUT2D eigenvalue weighted by molar-refractivity contribution is -0.114. The summed E-state index contributed by atoms with van der Waals surface area (Å²) in [5, 5.41) is 8.60. The molecule has 3 rings (SSSR count). The van der Waals surface area contributed by atoms with Crippen molar-refractivity contribution >= 4 is 29.0 Å². The Morgan fingerprint density at radius 2 is 1.68 bits per heavy atom. The first-order valence-electron chi connectivity index (χ1n) is 8.80. The smallest absolute Gasteiger partial charge is 0.275 e. The van der Waals surface area contributed by atoms with Crippen LogP contribution in [0.2, 0.25) is 0 Å². The first kappa shape index (κ1) is 19.0. The van der Waals surface area contributed by atoms with Crippen LogP contribution in [0.4, 0.5) is 17.2 Å². The highest BCUT2D eigenvalue weighted by molar-refractivity contribution is 6.03. The SMILES string of the molecule is CC(=O)Nc1cccc(NC(=O)c2cnc(NCc3cccc(C)c3)cn2)c1. The minimum Gasteiger partial charge on any atom is -0.365 e. The molecule has 1 aromatic heterocycles. The summed E-state index contributed by atoms with van der Waals surface area (Å²) >= 11 is 0. The maximum atomic E-state index is 12.4. The second-order valence-corrected chi connectivity index (χ2v) is 6.35. The van der Waals surface area contributed by atoms with Crippen molar-refractivity contribution < 1.29 is 9.59 Å². The number of aryl methyl sites for hydroxylation is 1. The maximum Gasteiger partial charge on any atom is 0.275 e. The molecule has 0 fully saturated rings. The molecule has 3 aromatic rings. The summed E-state index contributed by atoms with van der Waals surface area (Å²) in [5.41, 5.74) is 3.69. The molecule has 0 aliphatic carbocycles. The van der Waals surface area contributed by atoms with Crippen molar-refractivity contribution in [3.05, 3.63) is 77.7 Å². The van der Waals surface area contributed by atoms with Gasteiger partial charge in [-0.1, -0.05) is 35.9 Å². The number of nitrogens with one attached hydrogen (secondary N) is 3. The molecule has 28 heavy (non-hydrogen) atoms. The number of hydrogen-bond acceptors (Lipinski definition) is 5.